The number of rotatable bonds is 14. The van der Waals surface area contributed by atoms with Crippen molar-refractivity contribution in [1.29, 1.82) is 0 Å². The van der Waals surface area contributed by atoms with E-state index < -0.39 is 5.97 Å². The van der Waals surface area contributed by atoms with Crippen molar-refractivity contribution in [3.8, 4) is 0 Å². The molecule has 186 valence electrons. The second-order valence-corrected chi connectivity index (χ2v) is 9.40. The summed E-state index contributed by atoms with van der Waals surface area (Å²) < 4.78 is 5.83. The highest BCUT2D eigenvalue weighted by Crippen LogP contribution is 2.42. The van der Waals surface area contributed by atoms with E-state index in [0.717, 1.165) is 17.5 Å². The molecule has 0 bridgehead atoms. The molecule has 0 saturated heterocycles. The molecule has 0 heterocycles. The molecule has 1 N–H and O–H groups in total. The van der Waals surface area contributed by atoms with Gasteiger partial charge in [0.15, 0.2) is 0 Å². The summed E-state index contributed by atoms with van der Waals surface area (Å²) in [5, 5.41) is 10.5. The maximum absolute atomic E-state index is 13.4. The van der Waals surface area contributed by atoms with E-state index in [9.17, 15) is 14.7 Å². The lowest BCUT2D eigenvalue weighted by Crippen LogP contribution is -2.45. The van der Waals surface area contributed by atoms with Crippen LogP contribution in [0.15, 0.2) is 48.5 Å². The SMILES string of the molecule is CCCOCC(C)N(C(=O)CC)[C@H](c1ccc(Cl)cc1)[C@H](CCCC(=O)O)c1cccc(Cl)c1. The fraction of sp³-hybridized carbons (Fsp3) is 0.481. The van der Waals surface area contributed by atoms with E-state index in [0.29, 0.717) is 42.5 Å². The number of carboxylic acids is 1. The number of carboxylic acid groups (broad SMARTS) is 1. The number of benzene rings is 2. The first-order valence-electron chi connectivity index (χ1n) is 11.9. The summed E-state index contributed by atoms with van der Waals surface area (Å²) in [5.41, 5.74) is 1.90. The van der Waals surface area contributed by atoms with Gasteiger partial charge in [-0.3, -0.25) is 9.59 Å². The monoisotopic (exact) mass is 507 g/mol. The summed E-state index contributed by atoms with van der Waals surface area (Å²) in [6.45, 7) is 6.94. The number of hydrogen-bond acceptors (Lipinski definition) is 3. The van der Waals surface area contributed by atoms with Crippen LogP contribution in [0.3, 0.4) is 0 Å². The van der Waals surface area contributed by atoms with Crippen molar-refractivity contribution in [1.82, 2.24) is 4.90 Å². The molecular weight excluding hydrogens is 473 g/mol. The number of amides is 1. The van der Waals surface area contributed by atoms with Crippen LogP contribution in [-0.2, 0) is 14.3 Å². The van der Waals surface area contributed by atoms with Crippen molar-refractivity contribution in [3.05, 3.63) is 69.7 Å². The molecule has 2 aromatic rings. The fourth-order valence-electron chi connectivity index (χ4n) is 4.30. The zero-order valence-electron chi connectivity index (χ0n) is 20.2. The lowest BCUT2D eigenvalue weighted by molar-refractivity contribution is -0.139. The Hall–Kier alpha value is -2.08. The van der Waals surface area contributed by atoms with Crippen LogP contribution in [0.5, 0.6) is 0 Å². The van der Waals surface area contributed by atoms with Gasteiger partial charge < -0.3 is 14.7 Å². The Labute approximate surface area is 213 Å². The first-order valence-corrected chi connectivity index (χ1v) is 12.7. The van der Waals surface area contributed by atoms with Crippen molar-refractivity contribution >= 4 is 35.1 Å². The van der Waals surface area contributed by atoms with Crippen molar-refractivity contribution in [2.45, 2.75) is 70.9 Å². The number of halogens is 2. The molecule has 0 aliphatic carbocycles. The molecule has 0 spiro atoms. The quantitative estimate of drug-likeness (QED) is 0.276. The molecule has 0 fully saturated rings. The third-order valence-electron chi connectivity index (χ3n) is 5.85. The Morgan fingerprint density at radius 2 is 1.74 bits per heavy atom. The standard InChI is InChI=1S/C27H35Cl2NO4/c1-4-16-34-18-19(3)30(25(31)5-2)27(20-12-14-22(28)15-13-20)24(10-7-11-26(32)33)21-8-6-9-23(29)17-21/h6,8-9,12-15,17,19,24,27H,4-5,7,10-11,16,18H2,1-3H3,(H,32,33)/t19?,24-,27-/m1/s1. The van der Waals surface area contributed by atoms with Gasteiger partial charge in [0, 0.05) is 35.4 Å². The number of nitrogens with zero attached hydrogens (tertiary/aromatic N) is 1. The van der Waals surface area contributed by atoms with E-state index in [1.54, 1.807) is 0 Å². The van der Waals surface area contributed by atoms with Gasteiger partial charge in [0.25, 0.3) is 0 Å². The van der Waals surface area contributed by atoms with E-state index in [4.69, 9.17) is 27.9 Å². The number of hydrogen-bond donors (Lipinski definition) is 1. The maximum Gasteiger partial charge on any atom is 0.303 e. The third-order valence-corrected chi connectivity index (χ3v) is 6.33. The highest BCUT2D eigenvalue weighted by molar-refractivity contribution is 6.30. The zero-order valence-corrected chi connectivity index (χ0v) is 21.7. The van der Waals surface area contributed by atoms with Crippen LogP contribution in [0.1, 0.15) is 76.0 Å². The Kier molecular flexibility index (Phi) is 11.9. The summed E-state index contributed by atoms with van der Waals surface area (Å²) >= 11 is 12.5. The fourth-order valence-corrected chi connectivity index (χ4v) is 4.62. The van der Waals surface area contributed by atoms with Gasteiger partial charge in [0.2, 0.25) is 5.91 Å². The van der Waals surface area contributed by atoms with Gasteiger partial charge in [-0.1, -0.05) is 61.3 Å². The van der Waals surface area contributed by atoms with E-state index in [2.05, 4.69) is 0 Å². The van der Waals surface area contributed by atoms with Gasteiger partial charge in [-0.05, 0) is 61.6 Å². The summed E-state index contributed by atoms with van der Waals surface area (Å²) in [4.78, 5) is 26.6. The summed E-state index contributed by atoms with van der Waals surface area (Å²) in [6, 6.07) is 14.6. The van der Waals surface area contributed by atoms with Crippen LogP contribution < -0.4 is 0 Å². The normalized spacial score (nSPS) is 13.8. The first kappa shape index (κ1) is 28.2. The van der Waals surface area contributed by atoms with E-state index in [1.807, 2.05) is 74.2 Å². The number of carbonyl (C=O) groups excluding carboxylic acids is 1. The van der Waals surface area contributed by atoms with Crippen molar-refractivity contribution < 1.29 is 19.4 Å². The molecule has 34 heavy (non-hydrogen) atoms. The molecule has 0 radical (unpaired) electrons. The van der Waals surface area contributed by atoms with Gasteiger partial charge >= 0.3 is 5.97 Å². The Morgan fingerprint density at radius 3 is 2.32 bits per heavy atom. The average molecular weight is 508 g/mol. The maximum atomic E-state index is 13.4. The lowest BCUT2D eigenvalue weighted by Gasteiger charge is -2.41. The summed E-state index contributed by atoms with van der Waals surface area (Å²) in [5.74, 6) is -0.989. The molecule has 0 saturated carbocycles. The molecule has 1 unspecified atom stereocenters. The highest BCUT2D eigenvalue weighted by atomic mass is 35.5. The molecule has 2 aromatic carbocycles. The molecule has 0 aliphatic rings. The minimum Gasteiger partial charge on any atom is -0.481 e. The summed E-state index contributed by atoms with van der Waals surface area (Å²) in [6.07, 6.45) is 2.36. The van der Waals surface area contributed by atoms with Crippen LogP contribution in [-0.4, -0.2) is 41.1 Å². The minimum absolute atomic E-state index is 0.0119. The second kappa shape index (κ2) is 14.3. The molecule has 5 nitrogen and oxygen atoms in total. The zero-order chi connectivity index (χ0) is 25.1. The largest absolute Gasteiger partial charge is 0.481 e. The number of ether oxygens (including phenoxy) is 1. The molecule has 3 atom stereocenters. The third kappa shape index (κ3) is 8.30. The number of carbonyl (C=O) groups is 2. The lowest BCUT2D eigenvalue weighted by atomic mass is 9.81. The van der Waals surface area contributed by atoms with Crippen molar-refractivity contribution in [2.75, 3.05) is 13.2 Å². The topological polar surface area (TPSA) is 66.8 Å². The van der Waals surface area contributed by atoms with Crippen LogP contribution in [0, 0.1) is 0 Å². The molecule has 1 amide bonds. The Balaban J connectivity index is 2.61. The van der Waals surface area contributed by atoms with Crippen molar-refractivity contribution in [3.63, 3.8) is 0 Å². The van der Waals surface area contributed by atoms with Gasteiger partial charge in [-0.2, -0.15) is 0 Å². The Morgan fingerprint density at radius 1 is 1.03 bits per heavy atom. The van der Waals surface area contributed by atoms with Crippen LogP contribution in [0.4, 0.5) is 0 Å². The molecule has 0 aliphatic heterocycles. The van der Waals surface area contributed by atoms with Gasteiger partial charge in [0.1, 0.15) is 0 Å². The average Bonchev–Trinajstić information content (AvgIpc) is 2.81. The predicted octanol–water partition coefficient (Wildman–Crippen LogP) is 7.13. The second-order valence-electron chi connectivity index (χ2n) is 8.52. The predicted molar refractivity (Wildman–Crippen MR) is 138 cm³/mol. The molecule has 7 heteroatoms. The Bertz CT molecular complexity index is 919. The van der Waals surface area contributed by atoms with E-state index in [-0.39, 0.29) is 30.3 Å². The van der Waals surface area contributed by atoms with Crippen LogP contribution >= 0.6 is 23.2 Å². The molecular formula is C27H35Cl2NO4. The van der Waals surface area contributed by atoms with Gasteiger partial charge in [-0.25, -0.2) is 0 Å². The molecule has 0 aromatic heterocycles. The van der Waals surface area contributed by atoms with Gasteiger partial charge in [0.05, 0.1) is 18.7 Å². The smallest absolute Gasteiger partial charge is 0.303 e. The first-order chi connectivity index (χ1) is 16.3. The van der Waals surface area contributed by atoms with Crippen LogP contribution in [0.2, 0.25) is 10.0 Å². The molecule has 2 rings (SSSR count). The van der Waals surface area contributed by atoms with E-state index >= 15 is 0 Å². The number of aliphatic carboxylic acids is 1. The van der Waals surface area contributed by atoms with Crippen LogP contribution in [0.25, 0.3) is 0 Å². The minimum atomic E-state index is -0.837. The summed E-state index contributed by atoms with van der Waals surface area (Å²) in [7, 11) is 0. The highest BCUT2D eigenvalue weighted by Gasteiger charge is 2.35. The van der Waals surface area contributed by atoms with E-state index in [1.165, 1.54) is 0 Å². The van der Waals surface area contributed by atoms with Crippen molar-refractivity contribution in [2.24, 2.45) is 0 Å². The van der Waals surface area contributed by atoms with Gasteiger partial charge in [-0.15, -0.1) is 0 Å².